The van der Waals surface area contributed by atoms with Crippen molar-refractivity contribution in [3.8, 4) is 0 Å². The van der Waals surface area contributed by atoms with Crippen molar-refractivity contribution in [3.63, 3.8) is 0 Å². The van der Waals surface area contributed by atoms with Crippen LogP contribution in [0.5, 0.6) is 0 Å². The minimum absolute atomic E-state index is 0.172. The van der Waals surface area contributed by atoms with Gasteiger partial charge < -0.3 is 10.1 Å². The van der Waals surface area contributed by atoms with Crippen LogP contribution in [0.4, 0.5) is 0 Å². The van der Waals surface area contributed by atoms with Crippen molar-refractivity contribution < 1.29 is 9.53 Å². The molecule has 0 radical (unpaired) electrons. The third-order valence-electron chi connectivity index (χ3n) is 3.97. The van der Waals surface area contributed by atoms with E-state index in [-0.39, 0.29) is 5.91 Å². The molecule has 0 atom stereocenters. The second-order valence-electron chi connectivity index (χ2n) is 5.36. The number of alkyl halides is 1. The SMILES string of the molecule is O=C(NC1(CCl)CCOCC1)c1nccc2ccccc12. The Kier molecular flexibility index (Phi) is 4.08. The van der Waals surface area contributed by atoms with Crippen molar-refractivity contribution in [1.29, 1.82) is 0 Å². The summed E-state index contributed by atoms with van der Waals surface area (Å²) in [4.78, 5) is 16.9. The van der Waals surface area contributed by atoms with Gasteiger partial charge in [-0.2, -0.15) is 0 Å². The number of ether oxygens (including phenoxy) is 1. The molecule has 1 fully saturated rings. The summed E-state index contributed by atoms with van der Waals surface area (Å²) in [5.41, 5.74) is 0.0549. The fourth-order valence-corrected chi connectivity index (χ4v) is 2.99. The van der Waals surface area contributed by atoms with Gasteiger partial charge in [0, 0.05) is 30.7 Å². The molecule has 2 heterocycles. The van der Waals surface area contributed by atoms with E-state index in [2.05, 4.69) is 10.3 Å². The Labute approximate surface area is 128 Å². The molecule has 0 bridgehead atoms. The molecule has 5 heteroatoms. The molecule has 21 heavy (non-hydrogen) atoms. The van der Waals surface area contributed by atoms with Gasteiger partial charge in [0.1, 0.15) is 5.69 Å². The van der Waals surface area contributed by atoms with E-state index in [0.29, 0.717) is 24.8 Å². The Hall–Kier alpha value is -1.65. The molecular weight excluding hydrogens is 288 g/mol. The highest BCUT2D eigenvalue weighted by atomic mass is 35.5. The molecule has 0 saturated carbocycles. The summed E-state index contributed by atoms with van der Waals surface area (Å²) < 4.78 is 5.36. The number of hydrogen-bond donors (Lipinski definition) is 1. The van der Waals surface area contributed by atoms with Crippen molar-refractivity contribution in [2.75, 3.05) is 19.1 Å². The lowest BCUT2D eigenvalue weighted by molar-refractivity contribution is 0.0433. The van der Waals surface area contributed by atoms with E-state index in [1.807, 2.05) is 30.3 Å². The summed E-state index contributed by atoms with van der Waals surface area (Å²) in [5, 5.41) is 4.94. The molecule has 2 aromatic rings. The normalized spacial score (nSPS) is 17.6. The average Bonchev–Trinajstić information content (AvgIpc) is 2.55. The van der Waals surface area contributed by atoms with Crippen LogP contribution in [0, 0.1) is 0 Å². The van der Waals surface area contributed by atoms with Gasteiger partial charge >= 0.3 is 0 Å². The average molecular weight is 305 g/mol. The van der Waals surface area contributed by atoms with Gasteiger partial charge in [-0.1, -0.05) is 24.3 Å². The zero-order valence-corrected chi connectivity index (χ0v) is 12.4. The quantitative estimate of drug-likeness (QED) is 0.887. The molecule has 1 N–H and O–H groups in total. The lowest BCUT2D eigenvalue weighted by Crippen LogP contribution is -2.53. The molecule has 1 amide bonds. The number of carbonyl (C=O) groups excluding carboxylic acids is 1. The monoisotopic (exact) mass is 304 g/mol. The summed E-state index contributed by atoms with van der Waals surface area (Å²) in [7, 11) is 0. The number of hydrogen-bond acceptors (Lipinski definition) is 3. The molecular formula is C16H17ClN2O2. The summed E-state index contributed by atoms with van der Waals surface area (Å²) in [5.74, 6) is 0.210. The zero-order chi connectivity index (χ0) is 14.7. The Morgan fingerprint density at radius 3 is 2.81 bits per heavy atom. The standard InChI is InChI=1S/C16H17ClN2O2/c17-11-16(6-9-21-10-7-16)19-15(20)14-13-4-2-1-3-12(13)5-8-18-14/h1-5,8H,6-7,9-11H2,(H,19,20). The number of carbonyl (C=O) groups is 1. The van der Waals surface area contributed by atoms with Gasteiger partial charge in [0.15, 0.2) is 0 Å². The molecule has 0 unspecified atom stereocenters. The summed E-state index contributed by atoms with van der Waals surface area (Å²) >= 11 is 6.10. The van der Waals surface area contributed by atoms with E-state index in [0.717, 1.165) is 23.6 Å². The van der Waals surface area contributed by atoms with Gasteiger partial charge in [-0.25, -0.2) is 0 Å². The number of halogens is 1. The predicted molar refractivity (Wildman–Crippen MR) is 82.7 cm³/mol. The van der Waals surface area contributed by atoms with Crippen LogP contribution in [0.15, 0.2) is 36.5 Å². The molecule has 1 aliphatic heterocycles. The second-order valence-corrected chi connectivity index (χ2v) is 5.63. The molecule has 0 aliphatic carbocycles. The molecule has 1 aromatic carbocycles. The number of benzene rings is 1. The third-order valence-corrected chi connectivity index (χ3v) is 4.48. The van der Waals surface area contributed by atoms with E-state index in [1.165, 1.54) is 0 Å². The first-order valence-electron chi connectivity index (χ1n) is 7.04. The number of fused-ring (bicyclic) bond motifs is 1. The van der Waals surface area contributed by atoms with Crippen molar-refractivity contribution in [2.45, 2.75) is 18.4 Å². The second kappa shape index (κ2) is 6.00. The maximum Gasteiger partial charge on any atom is 0.270 e. The van der Waals surface area contributed by atoms with E-state index in [4.69, 9.17) is 16.3 Å². The van der Waals surface area contributed by atoms with E-state index in [9.17, 15) is 4.79 Å². The minimum Gasteiger partial charge on any atom is -0.381 e. The lowest BCUT2D eigenvalue weighted by Gasteiger charge is -2.36. The zero-order valence-electron chi connectivity index (χ0n) is 11.6. The number of pyridine rings is 1. The molecule has 1 aromatic heterocycles. The van der Waals surface area contributed by atoms with Gasteiger partial charge in [0.2, 0.25) is 0 Å². The van der Waals surface area contributed by atoms with Crippen LogP contribution in [0.1, 0.15) is 23.3 Å². The first-order valence-corrected chi connectivity index (χ1v) is 7.58. The van der Waals surface area contributed by atoms with Gasteiger partial charge in [-0.3, -0.25) is 9.78 Å². The molecule has 1 saturated heterocycles. The first-order chi connectivity index (χ1) is 10.2. The fourth-order valence-electron chi connectivity index (χ4n) is 2.65. The highest BCUT2D eigenvalue weighted by Gasteiger charge is 2.34. The van der Waals surface area contributed by atoms with Gasteiger partial charge in [0.25, 0.3) is 5.91 Å². The molecule has 0 spiro atoms. The highest BCUT2D eigenvalue weighted by Crippen LogP contribution is 2.24. The Morgan fingerprint density at radius 1 is 1.29 bits per heavy atom. The smallest absolute Gasteiger partial charge is 0.270 e. The van der Waals surface area contributed by atoms with E-state index in [1.54, 1.807) is 6.20 Å². The predicted octanol–water partition coefficient (Wildman–Crippen LogP) is 2.75. The number of nitrogens with one attached hydrogen (secondary N) is 1. The van der Waals surface area contributed by atoms with Crippen LogP contribution in [-0.4, -0.2) is 35.5 Å². The lowest BCUT2D eigenvalue weighted by atomic mass is 9.92. The fraction of sp³-hybridized carbons (Fsp3) is 0.375. The van der Waals surface area contributed by atoms with Crippen molar-refractivity contribution in [2.24, 2.45) is 0 Å². The van der Waals surface area contributed by atoms with Gasteiger partial charge in [0.05, 0.1) is 5.54 Å². The Bertz CT molecular complexity index is 648. The van der Waals surface area contributed by atoms with Gasteiger partial charge in [-0.05, 0) is 24.3 Å². The largest absolute Gasteiger partial charge is 0.381 e. The van der Waals surface area contributed by atoms with Gasteiger partial charge in [-0.15, -0.1) is 11.6 Å². The van der Waals surface area contributed by atoms with Crippen molar-refractivity contribution >= 4 is 28.3 Å². The number of nitrogens with zero attached hydrogens (tertiary/aromatic N) is 1. The van der Waals surface area contributed by atoms with Crippen LogP contribution in [0.25, 0.3) is 10.8 Å². The first kappa shape index (κ1) is 14.3. The molecule has 3 rings (SSSR count). The van der Waals surface area contributed by atoms with Crippen LogP contribution in [0.2, 0.25) is 0 Å². The minimum atomic E-state index is -0.393. The highest BCUT2D eigenvalue weighted by molar-refractivity contribution is 6.19. The van der Waals surface area contributed by atoms with E-state index < -0.39 is 5.54 Å². The third kappa shape index (κ3) is 2.87. The van der Waals surface area contributed by atoms with Crippen LogP contribution < -0.4 is 5.32 Å². The molecule has 110 valence electrons. The molecule has 1 aliphatic rings. The summed E-state index contributed by atoms with van der Waals surface area (Å²) in [6, 6.07) is 9.64. The summed E-state index contributed by atoms with van der Waals surface area (Å²) in [6.07, 6.45) is 3.12. The molecule has 4 nitrogen and oxygen atoms in total. The number of amides is 1. The van der Waals surface area contributed by atoms with Crippen LogP contribution in [-0.2, 0) is 4.74 Å². The maximum absolute atomic E-state index is 12.6. The maximum atomic E-state index is 12.6. The van der Waals surface area contributed by atoms with Crippen molar-refractivity contribution in [3.05, 3.63) is 42.2 Å². The number of aromatic nitrogens is 1. The van der Waals surface area contributed by atoms with Crippen molar-refractivity contribution in [1.82, 2.24) is 10.3 Å². The van der Waals surface area contributed by atoms with Crippen LogP contribution >= 0.6 is 11.6 Å². The topological polar surface area (TPSA) is 51.2 Å². The summed E-state index contributed by atoms with van der Waals surface area (Å²) in [6.45, 7) is 1.24. The van der Waals surface area contributed by atoms with E-state index >= 15 is 0 Å². The Balaban J connectivity index is 1.90. The van der Waals surface area contributed by atoms with Crippen LogP contribution in [0.3, 0.4) is 0 Å². The Morgan fingerprint density at radius 2 is 2.05 bits per heavy atom. The number of rotatable bonds is 3.